The molecule has 5 nitrogen and oxygen atoms in total. The second-order valence-electron chi connectivity index (χ2n) is 5.30. The first-order chi connectivity index (χ1) is 10.6. The molecule has 0 aliphatic carbocycles. The van der Waals surface area contributed by atoms with E-state index in [4.69, 9.17) is 9.47 Å². The molecule has 2 rings (SSSR count). The third kappa shape index (κ3) is 4.80. The third-order valence-corrected chi connectivity index (χ3v) is 3.65. The molecule has 0 N–H and O–H groups in total. The van der Waals surface area contributed by atoms with E-state index in [-0.39, 0.29) is 17.6 Å². The lowest BCUT2D eigenvalue weighted by Crippen LogP contribution is -2.40. The molecule has 1 fully saturated rings. The van der Waals surface area contributed by atoms with Crippen LogP contribution in [0.2, 0.25) is 0 Å². The fourth-order valence-corrected chi connectivity index (χ4v) is 2.44. The second-order valence-corrected chi connectivity index (χ2v) is 5.30. The molecule has 120 valence electrons. The van der Waals surface area contributed by atoms with E-state index < -0.39 is 5.82 Å². The van der Waals surface area contributed by atoms with Gasteiger partial charge in [0.15, 0.2) is 6.29 Å². The van der Waals surface area contributed by atoms with Crippen LogP contribution in [0.15, 0.2) is 18.2 Å². The Morgan fingerprint density at radius 1 is 1.41 bits per heavy atom. The number of aldehydes is 1. The number of benzene rings is 1. The van der Waals surface area contributed by atoms with Crippen molar-refractivity contribution < 1.29 is 23.5 Å². The van der Waals surface area contributed by atoms with Crippen molar-refractivity contribution in [2.24, 2.45) is 0 Å². The number of hydrogen-bond acceptors (Lipinski definition) is 5. The standard InChI is InChI=1S/C16H20FNO4/c1-12(20)21-9-8-18-6-4-14(5-7-18)22-15-3-2-13(11-19)16(17)10-15/h2-3,10-11,14H,4-9H2,1H3. The lowest BCUT2D eigenvalue weighted by atomic mass is 10.1. The Morgan fingerprint density at radius 2 is 2.14 bits per heavy atom. The Bertz CT molecular complexity index is 527. The predicted molar refractivity (Wildman–Crippen MR) is 78.5 cm³/mol. The van der Waals surface area contributed by atoms with Crippen LogP contribution >= 0.6 is 0 Å². The second kappa shape index (κ2) is 7.89. The van der Waals surface area contributed by atoms with Crippen molar-refractivity contribution in [3.63, 3.8) is 0 Å². The molecule has 22 heavy (non-hydrogen) atoms. The first-order valence-corrected chi connectivity index (χ1v) is 7.35. The highest BCUT2D eigenvalue weighted by molar-refractivity contribution is 5.75. The number of piperidine rings is 1. The lowest BCUT2D eigenvalue weighted by Gasteiger charge is -2.31. The number of hydrogen-bond donors (Lipinski definition) is 0. The van der Waals surface area contributed by atoms with Crippen molar-refractivity contribution in [1.29, 1.82) is 0 Å². The zero-order valence-electron chi connectivity index (χ0n) is 12.6. The molecular formula is C16H20FNO4. The minimum absolute atomic E-state index is 0.0338. The van der Waals surface area contributed by atoms with Gasteiger partial charge in [0, 0.05) is 32.6 Å². The van der Waals surface area contributed by atoms with Crippen molar-refractivity contribution >= 4 is 12.3 Å². The zero-order chi connectivity index (χ0) is 15.9. The maximum Gasteiger partial charge on any atom is 0.302 e. The Hall–Kier alpha value is -1.95. The quantitative estimate of drug-likeness (QED) is 0.594. The molecule has 0 bridgehead atoms. The van der Waals surface area contributed by atoms with Crippen molar-refractivity contribution in [3.8, 4) is 5.75 Å². The summed E-state index contributed by atoms with van der Waals surface area (Å²) in [5.41, 5.74) is 0.0349. The molecule has 1 aliphatic heterocycles. The summed E-state index contributed by atoms with van der Waals surface area (Å²) in [7, 11) is 0. The van der Waals surface area contributed by atoms with E-state index in [1.807, 2.05) is 0 Å². The molecular weight excluding hydrogens is 289 g/mol. The van der Waals surface area contributed by atoms with Gasteiger partial charge in [-0.15, -0.1) is 0 Å². The summed E-state index contributed by atoms with van der Waals surface area (Å²) in [6.45, 7) is 4.21. The molecule has 0 radical (unpaired) electrons. The number of likely N-dealkylation sites (tertiary alicyclic amines) is 1. The maximum absolute atomic E-state index is 13.5. The third-order valence-electron chi connectivity index (χ3n) is 3.65. The number of rotatable bonds is 6. The molecule has 0 aromatic heterocycles. The van der Waals surface area contributed by atoms with E-state index in [0.29, 0.717) is 18.6 Å². The van der Waals surface area contributed by atoms with E-state index in [0.717, 1.165) is 32.5 Å². The number of nitrogens with zero attached hydrogens (tertiary/aromatic N) is 1. The van der Waals surface area contributed by atoms with Gasteiger partial charge in [-0.2, -0.15) is 0 Å². The average Bonchev–Trinajstić information content (AvgIpc) is 2.49. The molecule has 0 saturated carbocycles. The molecule has 0 unspecified atom stereocenters. The van der Waals surface area contributed by atoms with E-state index in [2.05, 4.69) is 4.90 Å². The molecule has 1 aromatic carbocycles. The van der Waals surface area contributed by atoms with Gasteiger partial charge in [0.25, 0.3) is 0 Å². The van der Waals surface area contributed by atoms with Crippen LogP contribution in [0.3, 0.4) is 0 Å². The summed E-state index contributed by atoms with van der Waals surface area (Å²) in [6, 6.07) is 4.28. The highest BCUT2D eigenvalue weighted by atomic mass is 19.1. The van der Waals surface area contributed by atoms with E-state index in [9.17, 15) is 14.0 Å². The summed E-state index contributed by atoms with van der Waals surface area (Å²) in [6.07, 6.45) is 2.18. The largest absolute Gasteiger partial charge is 0.490 e. The Balaban J connectivity index is 1.76. The van der Waals surface area contributed by atoms with Gasteiger partial charge < -0.3 is 9.47 Å². The minimum Gasteiger partial charge on any atom is -0.490 e. The number of esters is 1. The van der Waals surface area contributed by atoms with Crippen molar-refractivity contribution in [2.45, 2.75) is 25.9 Å². The van der Waals surface area contributed by atoms with E-state index in [1.165, 1.54) is 19.1 Å². The highest BCUT2D eigenvalue weighted by Crippen LogP contribution is 2.21. The molecule has 0 atom stereocenters. The van der Waals surface area contributed by atoms with Crippen LogP contribution in [0, 0.1) is 5.82 Å². The number of halogens is 1. The van der Waals surface area contributed by atoms with Gasteiger partial charge in [-0.05, 0) is 25.0 Å². The van der Waals surface area contributed by atoms with Crippen LogP contribution in [0.5, 0.6) is 5.75 Å². The smallest absolute Gasteiger partial charge is 0.302 e. The summed E-state index contributed by atoms with van der Waals surface area (Å²) in [5.74, 6) is -0.383. The van der Waals surface area contributed by atoms with Gasteiger partial charge in [-0.1, -0.05) is 0 Å². The van der Waals surface area contributed by atoms with E-state index >= 15 is 0 Å². The van der Waals surface area contributed by atoms with Crippen molar-refractivity contribution in [3.05, 3.63) is 29.6 Å². The van der Waals surface area contributed by atoms with Gasteiger partial charge in [0.1, 0.15) is 24.3 Å². The molecule has 1 aliphatic rings. The van der Waals surface area contributed by atoms with Gasteiger partial charge in [-0.25, -0.2) is 4.39 Å². The summed E-state index contributed by atoms with van der Waals surface area (Å²) >= 11 is 0. The summed E-state index contributed by atoms with van der Waals surface area (Å²) in [5, 5.41) is 0. The lowest BCUT2D eigenvalue weighted by molar-refractivity contribution is -0.141. The minimum atomic E-state index is -0.564. The van der Waals surface area contributed by atoms with Gasteiger partial charge in [0.05, 0.1) is 5.56 Å². The van der Waals surface area contributed by atoms with Crippen LogP contribution in [-0.2, 0) is 9.53 Å². The molecule has 6 heteroatoms. The van der Waals surface area contributed by atoms with Gasteiger partial charge in [-0.3, -0.25) is 14.5 Å². The number of carbonyl (C=O) groups excluding carboxylic acids is 2. The van der Waals surface area contributed by atoms with Gasteiger partial charge in [0.2, 0.25) is 0 Å². The number of carbonyl (C=O) groups is 2. The monoisotopic (exact) mass is 309 g/mol. The topological polar surface area (TPSA) is 55.8 Å². The molecule has 1 heterocycles. The molecule has 1 saturated heterocycles. The zero-order valence-corrected chi connectivity index (χ0v) is 12.6. The maximum atomic E-state index is 13.5. The van der Waals surface area contributed by atoms with Crippen LogP contribution in [0.25, 0.3) is 0 Å². The summed E-state index contributed by atoms with van der Waals surface area (Å²) in [4.78, 5) is 23.5. The normalized spacial score (nSPS) is 16.3. The predicted octanol–water partition coefficient (Wildman–Crippen LogP) is 2.04. The fraction of sp³-hybridized carbons (Fsp3) is 0.500. The van der Waals surface area contributed by atoms with Crippen molar-refractivity contribution in [2.75, 3.05) is 26.2 Å². The average molecular weight is 309 g/mol. The molecule has 0 spiro atoms. The van der Waals surface area contributed by atoms with Crippen molar-refractivity contribution in [1.82, 2.24) is 4.90 Å². The fourth-order valence-electron chi connectivity index (χ4n) is 2.44. The summed E-state index contributed by atoms with van der Waals surface area (Å²) < 4.78 is 24.2. The highest BCUT2D eigenvalue weighted by Gasteiger charge is 2.20. The van der Waals surface area contributed by atoms with E-state index in [1.54, 1.807) is 6.07 Å². The first kappa shape index (κ1) is 16.4. The van der Waals surface area contributed by atoms with Gasteiger partial charge >= 0.3 is 5.97 Å². The molecule has 1 aromatic rings. The van der Waals surface area contributed by atoms with Crippen LogP contribution < -0.4 is 4.74 Å². The Labute approximate surface area is 129 Å². The van der Waals surface area contributed by atoms with Crippen LogP contribution in [0.1, 0.15) is 30.1 Å². The SMILES string of the molecule is CC(=O)OCCN1CCC(Oc2ccc(C=O)c(F)c2)CC1. The number of ether oxygens (including phenoxy) is 2. The van der Waals surface area contributed by atoms with Crippen LogP contribution in [-0.4, -0.2) is 49.5 Å². The Kier molecular flexibility index (Phi) is 5.89. The Morgan fingerprint density at radius 3 is 2.73 bits per heavy atom. The first-order valence-electron chi connectivity index (χ1n) is 7.35. The van der Waals surface area contributed by atoms with Crippen LogP contribution in [0.4, 0.5) is 4.39 Å². The molecule has 0 amide bonds.